The zero-order valence-corrected chi connectivity index (χ0v) is 12.0. The Morgan fingerprint density at radius 2 is 1.84 bits per heavy atom. The first-order valence-electron chi connectivity index (χ1n) is 7.13. The second kappa shape index (κ2) is 6.51. The van der Waals surface area contributed by atoms with Crippen LogP contribution in [0.25, 0.3) is 0 Å². The summed E-state index contributed by atoms with van der Waals surface area (Å²) in [7, 11) is 0. The fourth-order valence-electron chi connectivity index (χ4n) is 2.32. The van der Waals surface area contributed by atoms with Crippen molar-refractivity contribution in [1.82, 2.24) is 0 Å². The topological polar surface area (TPSA) is 44.5 Å². The highest BCUT2D eigenvalue weighted by Crippen LogP contribution is 2.32. The van der Waals surface area contributed by atoms with Crippen molar-refractivity contribution < 1.29 is 9.47 Å². The summed E-state index contributed by atoms with van der Waals surface area (Å²) >= 11 is 0. The lowest BCUT2D eigenvalue weighted by Gasteiger charge is -2.35. The maximum atomic E-state index is 5.88. The molecule has 3 nitrogen and oxygen atoms in total. The minimum Gasteiger partial charge on any atom is -0.348 e. The first-order valence-corrected chi connectivity index (χ1v) is 7.13. The van der Waals surface area contributed by atoms with Crippen LogP contribution in [0.3, 0.4) is 0 Å². The van der Waals surface area contributed by atoms with E-state index in [9.17, 15) is 0 Å². The molecular formula is C16H25NO2. The third-order valence-electron chi connectivity index (χ3n) is 3.46. The molecule has 1 aromatic rings. The van der Waals surface area contributed by atoms with Gasteiger partial charge in [-0.05, 0) is 31.4 Å². The quantitative estimate of drug-likeness (QED) is 0.830. The molecule has 2 N–H and O–H groups in total. The molecule has 0 aliphatic carbocycles. The molecule has 0 atom stereocenters. The molecule has 1 fully saturated rings. The Balaban J connectivity index is 2.03. The molecular weight excluding hydrogens is 238 g/mol. The van der Waals surface area contributed by atoms with Crippen LogP contribution in [-0.2, 0) is 15.9 Å². The van der Waals surface area contributed by atoms with Gasteiger partial charge >= 0.3 is 0 Å². The Morgan fingerprint density at radius 1 is 1.16 bits per heavy atom. The van der Waals surface area contributed by atoms with Crippen LogP contribution in [0.1, 0.15) is 44.1 Å². The number of ether oxygens (including phenoxy) is 2. The molecule has 1 heterocycles. The van der Waals surface area contributed by atoms with Gasteiger partial charge in [0.05, 0.1) is 13.2 Å². The van der Waals surface area contributed by atoms with E-state index < -0.39 is 0 Å². The normalized spacial score (nSPS) is 19.5. The Kier molecular flexibility index (Phi) is 4.97. The van der Waals surface area contributed by atoms with E-state index in [0.717, 1.165) is 39.0 Å². The smallest absolute Gasteiger partial charge is 0.184 e. The first kappa shape index (κ1) is 14.5. The van der Waals surface area contributed by atoms with Gasteiger partial charge in [0.25, 0.3) is 0 Å². The van der Waals surface area contributed by atoms with E-state index in [1.54, 1.807) is 0 Å². The molecule has 0 spiro atoms. The summed E-state index contributed by atoms with van der Waals surface area (Å²) in [6.45, 7) is 6.57. The van der Waals surface area contributed by atoms with E-state index in [-0.39, 0.29) is 11.7 Å². The van der Waals surface area contributed by atoms with Crippen molar-refractivity contribution in [2.75, 3.05) is 19.8 Å². The summed E-state index contributed by atoms with van der Waals surface area (Å²) in [5, 5.41) is 0. The molecule has 0 bridgehead atoms. The molecule has 0 aromatic heterocycles. The van der Waals surface area contributed by atoms with Gasteiger partial charge in [-0.15, -0.1) is 0 Å². The second-order valence-corrected chi connectivity index (χ2v) is 6.06. The molecule has 0 saturated carbocycles. The summed E-state index contributed by atoms with van der Waals surface area (Å²) in [5.41, 5.74) is 8.17. The zero-order chi connectivity index (χ0) is 13.7. The third-order valence-corrected chi connectivity index (χ3v) is 3.46. The third kappa shape index (κ3) is 4.03. The van der Waals surface area contributed by atoms with Crippen LogP contribution in [0.2, 0.25) is 0 Å². The van der Waals surface area contributed by atoms with E-state index in [2.05, 4.69) is 32.0 Å². The number of rotatable bonds is 5. The molecule has 1 aliphatic rings. The maximum Gasteiger partial charge on any atom is 0.184 e. The van der Waals surface area contributed by atoms with Crippen LogP contribution in [-0.4, -0.2) is 19.8 Å². The van der Waals surface area contributed by atoms with Gasteiger partial charge in [-0.2, -0.15) is 0 Å². The van der Waals surface area contributed by atoms with Crippen molar-refractivity contribution in [3.05, 3.63) is 35.4 Å². The first-order chi connectivity index (χ1) is 9.12. The molecule has 1 aliphatic heterocycles. The molecule has 106 valence electrons. The van der Waals surface area contributed by atoms with Crippen molar-refractivity contribution in [3.63, 3.8) is 0 Å². The number of aryl methyl sites for hydroxylation is 1. The Morgan fingerprint density at radius 3 is 2.53 bits per heavy atom. The number of hydrogen-bond donors (Lipinski definition) is 1. The summed E-state index contributed by atoms with van der Waals surface area (Å²) in [6, 6.07) is 8.40. The number of unbranched alkanes of at least 4 members (excludes halogenated alkanes) is 1. The van der Waals surface area contributed by atoms with E-state index in [1.807, 2.05) is 6.07 Å². The Hall–Kier alpha value is -0.900. The summed E-state index contributed by atoms with van der Waals surface area (Å²) < 4.78 is 11.8. The van der Waals surface area contributed by atoms with Crippen molar-refractivity contribution >= 4 is 0 Å². The van der Waals surface area contributed by atoms with Gasteiger partial charge in [0.2, 0.25) is 0 Å². The van der Waals surface area contributed by atoms with Gasteiger partial charge in [-0.25, -0.2) is 0 Å². The lowest BCUT2D eigenvalue weighted by atomic mass is 9.94. The average molecular weight is 263 g/mol. The number of hydrogen-bond acceptors (Lipinski definition) is 3. The maximum absolute atomic E-state index is 5.88. The average Bonchev–Trinajstić information content (AvgIpc) is 2.40. The molecule has 1 aromatic carbocycles. The highest BCUT2D eigenvalue weighted by molar-refractivity contribution is 5.28. The Bertz CT molecular complexity index is 393. The predicted molar refractivity (Wildman–Crippen MR) is 76.9 cm³/mol. The fourth-order valence-corrected chi connectivity index (χ4v) is 2.32. The molecule has 3 heteroatoms. The van der Waals surface area contributed by atoms with E-state index in [0.29, 0.717) is 0 Å². The lowest BCUT2D eigenvalue weighted by Crippen LogP contribution is -2.34. The SMILES string of the molecule is CC1(C)COC(c2ccccc2CCCCN)OC1. The van der Waals surface area contributed by atoms with Gasteiger partial charge in [-0.3, -0.25) is 0 Å². The standard InChI is InChI=1S/C16H25NO2/c1-16(2)11-18-15(19-12-16)14-9-4-3-7-13(14)8-5-6-10-17/h3-4,7,9,15H,5-6,8,10-12,17H2,1-2H3. The minimum absolute atomic E-state index is 0.116. The molecule has 19 heavy (non-hydrogen) atoms. The second-order valence-electron chi connectivity index (χ2n) is 6.06. The Labute approximate surface area is 116 Å². The molecule has 2 rings (SSSR count). The molecule has 0 amide bonds. The molecule has 0 unspecified atom stereocenters. The van der Waals surface area contributed by atoms with Crippen molar-refractivity contribution in [2.45, 2.75) is 39.4 Å². The van der Waals surface area contributed by atoms with E-state index >= 15 is 0 Å². The van der Waals surface area contributed by atoms with Crippen molar-refractivity contribution in [3.8, 4) is 0 Å². The summed E-state index contributed by atoms with van der Waals surface area (Å²) in [5.74, 6) is 0. The fraction of sp³-hybridized carbons (Fsp3) is 0.625. The van der Waals surface area contributed by atoms with Crippen molar-refractivity contribution in [2.24, 2.45) is 11.1 Å². The van der Waals surface area contributed by atoms with Gasteiger partial charge in [0, 0.05) is 11.0 Å². The minimum atomic E-state index is -0.206. The highest BCUT2D eigenvalue weighted by atomic mass is 16.7. The monoisotopic (exact) mass is 263 g/mol. The van der Waals surface area contributed by atoms with E-state index in [4.69, 9.17) is 15.2 Å². The van der Waals surface area contributed by atoms with Crippen molar-refractivity contribution in [1.29, 1.82) is 0 Å². The van der Waals surface area contributed by atoms with Crippen LogP contribution in [0.15, 0.2) is 24.3 Å². The van der Waals surface area contributed by atoms with Gasteiger partial charge in [0.15, 0.2) is 6.29 Å². The van der Waals surface area contributed by atoms with Gasteiger partial charge in [-0.1, -0.05) is 38.1 Å². The van der Waals surface area contributed by atoms with Crippen LogP contribution in [0.4, 0.5) is 0 Å². The predicted octanol–water partition coefficient (Wildman–Crippen LogP) is 3.04. The van der Waals surface area contributed by atoms with Crippen LogP contribution in [0, 0.1) is 5.41 Å². The van der Waals surface area contributed by atoms with Gasteiger partial charge < -0.3 is 15.2 Å². The number of benzene rings is 1. The zero-order valence-electron chi connectivity index (χ0n) is 12.0. The van der Waals surface area contributed by atoms with Gasteiger partial charge in [0.1, 0.15) is 0 Å². The van der Waals surface area contributed by atoms with Crippen LogP contribution >= 0.6 is 0 Å². The summed E-state index contributed by atoms with van der Waals surface area (Å²) in [6.07, 6.45) is 3.02. The van der Waals surface area contributed by atoms with E-state index in [1.165, 1.54) is 11.1 Å². The highest BCUT2D eigenvalue weighted by Gasteiger charge is 2.29. The molecule has 1 saturated heterocycles. The number of nitrogens with two attached hydrogens (primary N) is 1. The van der Waals surface area contributed by atoms with Crippen LogP contribution < -0.4 is 5.73 Å². The lowest BCUT2D eigenvalue weighted by molar-refractivity contribution is -0.226. The summed E-state index contributed by atoms with van der Waals surface area (Å²) in [4.78, 5) is 0. The van der Waals surface area contributed by atoms with Crippen LogP contribution in [0.5, 0.6) is 0 Å². The largest absolute Gasteiger partial charge is 0.348 e. The molecule has 0 radical (unpaired) electrons.